The summed E-state index contributed by atoms with van der Waals surface area (Å²) in [6.07, 6.45) is 5.19. The number of hydrogen-bond acceptors (Lipinski definition) is 3. The fourth-order valence-corrected chi connectivity index (χ4v) is 3.10. The first-order valence-electron chi connectivity index (χ1n) is 6.71. The predicted molar refractivity (Wildman–Crippen MR) is 72.7 cm³/mol. The van der Waals surface area contributed by atoms with E-state index in [0.29, 0.717) is 5.41 Å². The summed E-state index contributed by atoms with van der Waals surface area (Å²) in [5.41, 5.74) is 3.74. The lowest BCUT2D eigenvalue weighted by atomic mass is 9.65. The van der Waals surface area contributed by atoms with E-state index in [-0.39, 0.29) is 0 Å². The molecule has 1 N–H and O–H groups in total. The van der Waals surface area contributed by atoms with Gasteiger partial charge in [-0.2, -0.15) is 0 Å². The van der Waals surface area contributed by atoms with Gasteiger partial charge in [-0.15, -0.1) is 0 Å². The largest absolute Gasteiger partial charge is 0.441 e. The molecule has 0 unspecified atom stereocenters. The van der Waals surface area contributed by atoms with Gasteiger partial charge in [0.1, 0.15) is 5.52 Å². The molecule has 0 saturated heterocycles. The van der Waals surface area contributed by atoms with Crippen molar-refractivity contribution in [1.82, 2.24) is 10.3 Å². The third-order valence-corrected chi connectivity index (χ3v) is 4.10. The maximum Gasteiger partial charge on any atom is 0.192 e. The summed E-state index contributed by atoms with van der Waals surface area (Å²) in [5.74, 6) is 0.746. The molecular formula is C15H20N2O. The van der Waals surface area contributed by atoms with Crippen LogP contribution in [0.3, 0.4) is 0 Å². The molecular weight excluding hydrogens is 224 g/mol. The van der Waals surface area contributed by atoms with Gasteiger partial charge in [0, 0.05) is 13.5 Å². The molecule has 0 aliphatic heterocycles. The van der Waals surface area contributed by atoms with E-state index in [4.69, 9.17) is 4.42 Å². The van der Waals surface area contributed by atoms with E-state index in [1.165, 1.54) is 24.8 Å². The first-order valence-corrected chi connectivity index (χ1v) is 6.71. The number of benzene rings is 1. The van der Waals surface area contributed by atoms with Crippen molar-refractivity contribution in [2.24, 2.45) is 5.41 Å². The van der Waals surface area contributed by atoms with Gasteiger partial charge in [-0.05, 0) is 49.4 Å². The number of fused-ring (bicyclic) bond motifs is 1. The van der Waals surface area contributed by atoms with Crippen molar-refractivity contribution < 1.29 is 4.42 Å². The van der Waals surface area contributed by atoms with Crippen LogP contribution in [-0.2, 0) is 6.42 Å². The summed E-state index contributed by atoms with van der Waals surface area (Å²) < 4.78 is 5.52. The van der Waals surface area contributed by atoms with Gasteiger partial charge in [-0.1, -0.05) is 12.5 Å². The molecule has 96 valence electrons. The molecule has 1 fully saturated rings. The second-order valence-corrected chi connectivity index (χ2v) is 5.60. The van der Waals surface area contributed by atoms with Crippen LogP contribution in [0.5, 0.6) is 0 Å². The van der Waals surface area contributed by atoms with E-state index in [2.05, 4.69) is 28.5 Å². The fourth-order valence-electron chi connectivity index (χ4n) is 3.10. The summed E-state index contributed by atoms with van der Waals surface area (Å²) in [6, 6.07) is 6.42. The van der Waals surface area contributed by atoms with Crippen LogP contribution in [0.15, 0.2) is 22.6 Å². The minimum absolute atomic E-state index is 0.473. The highest BCUT2D eigenvalue weighted by atomic mass is 16.3. The van der Waals surface area contributed by atoms with Crippen molar-refractivity contribution in [2.75, 3.05) is 13.6 Å². The minimum Gasteiger partial charge on any atom is -0.441 e. The number of nitrogens with one attached hydrogen (secondary N) is 1. The minimum atomic E-state index is 0.473. The molecule has 0 bridgehead atoms. The fraction of sp³-hybridized carbons (Fsp3) is 0.533. The normalized spacial score (nSPS) is 17.9. The average molecular weight is 244 g/mol. The number of aryl methyl sites for hydroxylation is 1. The maximum atomic E-state index is 5.52. The van der Waals surface area contributed by atoms with Crippen molar-refractivity contribution in [1.29, 1.82) is 0 Å². The third kappa shape index (κ3) is 2.03. The Morgan fingerprint density at radius 2 is 2.22 bits per heavy atom. The topological polar surface area (TPSA) is 38.1 Å². The van der Waals surface area contributed by atoms with Gasteiger partial charge in [0.25, 0.3) is 0 Å². The SMILES string of the molecule is CNCC1(Cc2ccc3oc(C)nc3c2)CCC1. The summed E-state index contributed by atoms with van der Waals surface area (Å²) in [6.45, 7) is 3.01. The average Bonchev–Trinajstić information content (AvgIpc) is 2.65. The molecule has 1 aromatic carbocycles. The third-order valence-electron chi connectivity index (χ3n) is 4.10. The molecule has 2 aromatic rings. The zero-order valence-electron chi connectivity index (χ0n) is 11.1. The van der Waals surface area contributed by atoms with E-state index in [1.54, 1.807) is 0 Å². The molecule has 0 radical (unpaired) electrons. The Hall–Kier alpha value is -1.35. The number of rotatable bonds is 4. The second kappa shape index (κ2) is 4.39. The van der Waals surface area contributed by atoms with Gasteiger partial charge in [0.15, 0.2) is 11.5 Å². The van der Waals surface area contributed by atoms with Crippen LogP contribution in [0.1, 0.15) is 30.7 Å². The number of hydrogen-bond donors (Lipinski definition) is 1. The molecule has 3 heteroatoms. The van der Waals surface area contributed by atoms with Crippen molar-refractivity contribution in [3.63, 3.8) is 0 Å². The molecule has 0 spiro atoms. The Morgan fingerprint density at radius 3 is 2.89 bits per heavy atom. The smallest absolute Gasteiger partial charge is 0.192 e. The summed E-state index contributed by atoms with van der Waals surface area (Å²) >= 11 is 0. The van der Waals surface area contributed by atoms with Crippen molar-refractivity contribution in [2.45, 2.75) is 32.6 Å². The van der Waals surface area contributed by atoms with Gasteiger partial charge in [0.2, 0.25) is 0 Å². The number of nitrogens with zero attached hydrogens (tertiary/aromatic N) is 1. The summed E-state index contributed by atoms with van der Waals surface area (Å²) in [4.78, 5) is 4.41. The standard InChI is InChI=1S/C15H20N2O/c1-11-17-13-8-12(4-5-14(13)18-11)9-15(10-16-2)6-3-7-15/h4-5,8,16H,3,6-7,9-10H2,1-2H3. The van der Waals surface area contributed by atoms with Crippen LogP contribution < -0.4 is 5.32 Å². The Bertz CT molecular complexity index is 555. The van der Waals surface area contributed by atoms with Crippen LogP contribution in [-0.4, -0.2) is 18.6 Å². The van der Waals surface area contributed by atoms with Crippen LogP contribution in [0, 0.1) is 12.3 Å². The van der Waals surface area contributed by atoms with E-state index >= 15 is 0 Å². The zero-order valence-corrected chi connectivity index (χ0v) is 11.1. The molecule has 1 heterocycles. The van der Waals surface area contributed by atoms with Crippen molar-refractivity contribution in [3.8, 4) is 0 Å². The first-order chi connectivity index (χ1) is 8.71. The Balaban J connectivity index is 1.85. The van der Waals surface area contributed by atoms with Crippen molar-refractivity contribution in [3.05, 3.63) is 29.7 Å². The first kappa shape index (κ1) is 11.7. The lowest BCUT2D eigenvalue weighted by Crippen LogP contribution is -2.40. The number of aromatic nitrogens is 1. The lowest BCUT2D eigenvalue weighted by Gasteiger charge is -2.42. The predicted octanol–water partition coefficient (Wildman–Crippen LogP) is 3.07. The lowest BCUT2D eigenvalue weighted by molar-refractivity contribution is 0.133. The zero-order chi connectivity index (χ0) is 12.6. The van der Waals surface area contributed by atoms with E-state index in [0.717, 1.165) is 30.0 Å². The molecule has 1 aromatic heterocycles. The Labute approximate surface area is 108 Å². The quantitative estimate of drug-likeness (QED) is 0.898. The highest BCUT2D eigenvalue weighted by Gasteiger charge is 2.36. The molecule has 1 saturated carbocycles. The van der Waals surface area contributed by atoms with Crippen LogP contribution in [0.2, 0.25) is 0 Å². The van der Waals surface area contributed by atoms with Crippen LogP contribution in [0.4, 0.5) is 0 Å². The molecule has 1 aliphatic rings. The molecule has 3 rings (SSSR count). The van der Waals surface area contributed by atoms with Crippen LogP contribution in [0.25, 0.3) is 11.1 Å². The van der Waals surface area contributed by atoms with E-state index < -0.39 is 0 Å². The Kier molecular flexibility index (Phi) is 2.86. The maximum absolute atomic E-state index is 5.52. The highest BCUT2D eigenvalue weighted by Crippen LogP contribution is 2.43. The highest BCUT2D eigenvalue weighted by molar-refractivity contribution is 5.73. The van der Waals surface area contributed by atoms with Gasteiger partial charge >= 0.3 is 0 Å². The molecule has 18 heavy (non-hydrogen) atoms. The number of oxazole rings is 1. The molecule has 1 aliphatic carbocycles. The van der Waals surface area contributed by atoms with Gasteiger partial charge in [0.05, 0.1) is 0 Å². The van der Waals surface area contributed by atoms with Crippen molar-refractivity contribution >= 4 is 11.1 Å². The van der Waals surface area contributed by atoms with E-state index in [1.807, 2.05) is 14.0 Å². The van der Waals surface area contributed by atoms with Gasteiger partial charge in [-0.25, -0.2) is 4.98 Å². The molecule has 0 atom stereocenters. The Morgan fingerprint density at radius 1 is 1.39 bits per heavy atom. The van der Waals surface area contributed by atoms with Crippen LogP contribution >= 0.6 is 0 Å². The second-order valence-electron chi connectivity index (χ2n) is 5.60. The molecule has 3 nitrogen and oxygen atoms in total. The monoisotopic (exact) mass is 244 g/mol. The van der Waals surface area contributed by atoms with E-state index in [9.17, 15) is 0 Å². The summed E-state index contributed by atoms with van der Waals surface area (Å²) in [7, 11) is 2.05. The summed E-state index contributed by atoms with van der Waals surface area (Å²) in [5, 5.41) is 3.34. The van der Waals surface area contributed by atoms with Gasteiger partial charge < -0.3 is 9.73 Å². The van der Waals surface area contributed by atoms with Gasteiger partial charge in [-0.3, -0.25) is 0 Å². The molecule has 0 amide bonds.